The van der Waals surface area contributed by atoms with Crippen LogP contribution in [0.1, 0.15) is 0 Å². The molecule has 0 saturated carbocycles. The first-order valence-corrected chi connectivity index (χ1v) is 3.73. The Balaban J connectivity index is 0.000000980. The molecule has 0 aromatic carbocycles. The zero-order valence-electron chi connectivity index (χ0n) is 7.16. The smallest absolute Gasteiger partial charge is 0.243 e. The monoisotopic (exact) mass is 216 g/mol. The average Bonchev–Trinajstić information content (AvgIpc) is 2.70. The van der Waals surface area contributed by atoms with Gasteiger partial charge in [-0.1, -0.05) is 0 Å². The number of aromatic amines is 1. The predicted molar refractivity (Wildman–Crippen MR) is 49.5 cm³/mol. The molecule has 9 heteroatoms. The number of H-pyrrole nitrogens is 1. The van der Waals surface area contributed by atoms with E-state index in [9.17, 15) is 0 Å². The zero-order chi connectivity index (χ0) is 9.10. The molecule has 0 aliphatic heterocycles. The van der Waals surface area contributed by atoms with Crippen LogP contribution in [-0.2, 0) is 6.54 Å². The maximum atomic E-state index is 5.35. The third kappa shape index (κ3) is 2.03. The van der Waals surface area contributed by atoms with Crippen molar-refractivity contribution >= 4 is 12.4 Å². The van der Waals surface area contributed by atoms with Crippen molar-refractivity contribution in [3.05, 3.63) is 6.33 Å². The van der Waals surface area contributed by atoms with E-state index in [4.69, 9.17) is 5.73 Å². The molecule has 2 heterocycles. The van der Waals surface area contributed by atoms with Gasteiger partial charge in [0.1, 0.15) is 6.33 Å². The number of nitrogens with zero attached hydrogens (tertiary/aromatic N) is 6. The lowest BCUT2D eigenvalue weighted by molar-refractivity contribution is 0.624. The maximum Gasteiger partial charge on any atom is 0.243 e. The van der Waals surface area contributed by atoms with Gasteiger partial charge in [0, 0.05) is 6.54 Å². The summed E-state index contributed by atoms with van der Waals surface area (Å²) >= 11 is 0. The summed E-state index contributed by atoms with van der Waals surface area (Å²) in [7, 11) is 0. The van der Waals surface area contributed by atoms with Crippen LogP contribution in [0.25, 0.3) is 11.6 Å². The highest BCUT2D eigenvalue weighted by atomic mass is 35.5. The summed E-state index contributed by atoms with van der Waals surface area (Å²) < 4.78 is 1.63. The van der Waals surface area contributed by atoms with Crippen LogP contribution in [0.2, 0.25) is 0 Å². The van der Waals surface area contributed by atoms with Gasteiger partial charge in [-0.2, -0.15) is 5.21 Å². The molecule has 8 nitrogen and oxygen atoms in total. The number of rotatable bonds is 3. The van der Waals surface area contributed by atoms with Gasteiger partial charge in [-0.05, 0) is 5.21 Å². The Bertz CT molecular complexity index is 367. The Morgan fingerprint density at radius 3 is 2.93 bits per heavy atom. The molecule has 0 spiro atoms. The van der Waals surface area contributed by atoms with Crippen molar-refractivity contribution in [1.29, 1.82) is 0 Å². The van der Waals surface area contributed by atoms with Crippen LogP contribution < -0.4 is 5.73 Å². The molecule has 76 valence electrons. The molecule has 0 atom stereocenters. The van der Waals surface area contributed by atoms with Crippen LogP contribution in [0.15, 0.2) is 6.33 Å². The van der Waals surface area contributed by atoms with E-state index in [1.165, 1.54) is 0 Å². The first-order chi connectivity index (χ1) is 6.40. The van der Waals surface area contributed by atoms with Gasteiger partial charge in [0.15, 0.2) is 0 Å². The summed E-state index contributed by atoms with van der Waals surface area (Å²) in [5.74, 6) is 0.831. The summed E-state index contributed by atoms with van der Waals surface area (Å²) in [5, 5.41) is 17.3. The van der Waals surface area contributed by atoms with Crippen molar-refractivity contribution in [2.75, 3.05) is 6.54 Å². The summed E-state index contributed by atoms with van der Waals surface area (Å²) in [6.07, 6.45) is 1.58. The second kappa shape index (κ2) is 4.63. The molecule has 14 heavy (non-hydrogen) atoms. The third-order valence-corrected chi connectivity index (χ3v) is 1.44. The number of hydrogen-bond donors (Lipinski definition) is 2. The third-order valence-electron chi connectivity index (χ3n) is 1.44. The first-order valence-electron chi connectivity index (χ1n) is 3.73. The molecule has 0 radical (unpaired) electrons. The van der Waals surface area contributed by atoms with Crippen LogP contribution >= 0.6 is 12.4 Å². The molecular formula is C5H9ClN8. The topological polar surface area (TPSA) is 111 Å². The Morgan fingerprint density at radius 2 is 2.29 bits per heavy atom. The predicted octanol–water partition coefficient (Wildman–Crippen LogP) is -1.16. The van der Waals surface area contributed by atoms with E-state index in [0.29, 0.717) is 24.7 Å². The van der Waals surface area contributed by atoms with Gasteiger partial charge >= 0.3 is 0 Å². The standard InChI is InChI=1S/C5H8N8.ClH/c6-1-2-13-3-7-4(10-13)5-8-11-12-9-5;/h3H,1-2,6H2,(H,8,9,11,12);1H. The molecule has 0 bridgehead atoms. The van der Waals surface area contributed by atoms with Crippen molar-refractivity contribution in [2.45, 2.75) is 6.54 Å². The Labute approximate surface area is 85.3 Å². The fourth-order valence-electron chi connectivity index (χ4n) is 0.894. The van der Waals surface area contributed by atoms with E-state index >= 15 is 0 Å². The summed E-state index contributed by atoms with van der Waals surface area (Å²) in [4.78, 5) is 3.99. The fraction of sp³-hybridized carbons (Fsp3) is 0.400. The maximum absolute atomic E-state index is 5.35. The first kappa shape index (κ1) is 10.5. The van der Waals surface area contributed by atoms with E-state index in [2.05, 4.69) is 30.7 Å². The largest absolute Gasteiger partial charge is 0.329 e. The quantitative estimate of drug-likeness (QED) is 0.669. The fourth-order valence-corrected chi connectivity index (χ4v) is 0.894. The average molecular weight is 217 g/mol. The number of halogens is 1. The molecule has 2 aromatic heterocycles. The van der Waals surface area contributed by atoms with E-state index in [1.807, 2.05) is 0 Å². The van der Waals surface area contributed by atoms with E-state index in [1.54, 1.807) is 11.0 Å². The molecule has 0 aliphatic rings. The van der Waals surface area contributed by atoms with E-state index in [0.717, 1.165) is 0 Å². The van der Waals surface area contributed by atoms with Gasteiger partial charge in [-0.25, -0.2) is 4.98 Å². The van der Waals surface area contributed by atoms with Crippen molar-refractivity contribution in [3.8, 4) is 11.6 Å². The van der Waals surface area contributed by atoms with Crippen molar-refractivity contribution in [1.82, 2.24) is 35.4 Å². The Kier molecular flexibility index (Phi) is 3.48. The number of hydrogen-bond acceptors (Lipinski definition) is 6. The molecule has 0 unspecified atom stereocenters. The number of nitrogens with two attached hydrogens (primary N) is 1. The van der Waals surface area contributed by atoms with Crippen molar-refractivity contribution < 1.29 is 0 Å². The highest BCUT2D eigenvalue weighted by Gasteiger charge is 2.07. The number of tetrazole rings is 1. The Morgan fingerprint density at radius 1 is 1.43 bits per heavy atom. The van der Waals surface area contributed by atoms with Gasteiger partial charge in [0.2, 0.25) is 11.6 Å². The summed E-state index contributed by atoms with van der Waals surface area (Å²) in [6, 6.07) is 0. The molecule has 0 aliphatic carbocycles. The zero-order valence-corrected chi connectivity index (χ0v) is 7.98. The van der Waals surface area contributed by atoms with E-state index < -0.39 is 0 Å². The minimum Gasteiger partial charge on any atom is -0.329 e. The van der Waals surface area contributed by atoms with Crippen molar-refractivity contribution in [3.63, 3.8) is 0 Å². The van der Waals surface area contributed by atoms with Gasteiger partial charge < -0.3 is 5.73 Å². The molecule has 2 rings (SSSR count). The van der Waals surface area contributed by atoms with Gasteiger partial charge in [0.05, 0.1) is 6.54 Å². The highest BCUT2D eigenvalue weighted by Crippen LogP contribution is 2.03. The number of nitrogens with one attached hydrogen (secondary N) is 1. The van der Waals surface area contributed by atoms with Gasteiger partial charge in [0.25, 0.3) is 0 Å². The SMILES string of the molecule is Cl.NCCn1cnc(-c2nn[nH]n2)n1. The molecule has 2 aromatic rings. The molecule has 3 N–H and O–H groups in total. The van der Waals surface area contributed by atoms with Crippen LogP contribution in [0.4, 0.5) is 0 Å². The van der Waals surface area contributed by atoms with Crippen LogP contribution in [0.5, 0.6) is 0 Å². The minimum atomic E-state index is 0. The Hall–Kier alpha value is -1.54. The molecule has 0 saturated heterocycles. The lowest BCUT2D eigenvalue weighted by Gasteiger charge is -1.92. The normalized spacial score (nSPS) is 9.79. The lowest BCUT2D eigenvalue weighted by Crippen LogP contribution is -2.10. The lowest BCUT2D eigenvalue weighted by atomic mass is 10.6. The molecular weight excluding hydrogens is 208 g/mol. The van der Waals surface area contributed by atoms with Crippen LogP contribution in [0, 0.1) is 0 Å². The molecule has 0 fully saturated rings. The van der Waals surface area contributed by atoms with Crippen LogP contribution in [0.3, 0.4) is 0 Å². The van der Waals surface area contributed by atoms with E-state index in [-0.39, 0.29) is 12.4 Å². The van der Waals surface area contributed by atoms with Crippen LogP contribution in [-0.4, -0.2) is 41.9 Å². The summed E-state index contributed by atoms with van der Waals surface area (Å²) in [6.45, 7) is 1.15. The van der Waals surface area contributed by atoms with Gasteiger partial charge in [-0.15, -0.1) is 27.7 Å². The highest BCUT2D eigenvalue weighted by molar-refractivity contribution is 5.85. The van der Waals surface area contributed by atoms with Gasteiger partial charge in [-0.3, -0.25) is 4.68 Å². The minimum absolute atomic E-state index is 0. The van der Waals surface area contributed by atoms with Crippen molar-refractivity contribution in [2.24, 2.45) is 5.73 Å². The number of aromatic nitrogens is 7. The molecule has 0 amide bonds. The summed E-state index contributed by atoms with van der Waals surface area (Å²) in [5.41, 5.74) is 5.35. The second-order valence-corrected chi connectivity index (χ2v) is 2.36. The second-order valence-electron chi connectivity index (χ2n) is 2.36.